The van der Waals surface area contributed by atoms with Crippen LogP contribution in [0.25, 0.3) is 0 Å². The molecule has 5 nitrogen and oxygen atoms in total. The molecule has 1 aromatic heterocycles. The van der Waals surface area contributed by atoms with E-state index in [0.29, 0.717) is 25.4 Å². The van der Waals surface area contributed by atoms with Crippen molar-refractivity contribution in [3.05, 3.63) is 57.2 Å². The largest absolute Gasteiger partial charge is 0.381 e. The second kappa shape index (κ2) is 7.60. The van der Waals surface area contributed by atoms with E-state index in [1.807, 2.05) is 32.9 Å². The van der Waals surface area contributed by atoms with Crippen molar-refractivity contribution in [1.82, 2.24) is 9.78 Å². The van der Waals surface area contributed by atoms with Crippen LogP contribution in [0, 0.1) is 5.82 Å². The van der Waals surface area contributed by atoms with Gasteiger partial charge in [0, 0.05) is 25.2 Å². The normalized spacial score (nSPS) is 16.9. The Morgan fingerprint density at radius 3 is 2.48 bits per heavy atom. The van der Waals surface area contributed by atoms with Crippen LogP contribution in [-0.2, 0) is 15.7 Å². The summed E-state index contributed by atoms with van der Waals surface area (Å²) in [6.45, 7) is 7.53. The molecule has 0 bridgehead atoms. The molecule has 0 saturated carbocycles. The number of aromatic nitrogens is 2. The maximum absolute atomic E-state index is 13.4. The molecule has 3 rings (SSSR count). The van der Waals surface area contributed by atoms with Crippen molar-refractivity contribution >= 4 is 17.3 Å². The minimum atomic E-state index is -0.449. The fraction of sp³-hybridized carbons (Fsp3) is 0.500. The SMILES string of the molecule is CC(C)(C)n1ncc(NCC2(c3ccc(F)cc3)CCOCC2)c(Cl)c1=O. The van der Waals surface area contributed by atoms with Gasteiger partial charge in [-0.3, -0.25) is 4.79 Å². The molecule has 2 aromatic rings. The first-order valence-corrected chi connectivity index (χ1v) is 9.47. The number of hydrogen-bond donors (Lipinski definition) is 1. The second-order valence-electron chi connectivity index (χ2n) is 8.01. The van der Waals surface area contributed by atoms with Crippen molar-refractivity contribution in [3.63, 3.8) is 0 Å². The van der Waals surface area contributed by atoms with Gasteiger partial charge in [-0.25, -0.2) is 9.07 Å². The van der Waals surface area contributed by atoms with Gasteiger partial charge in [-0.15, -0.1) is 0 Å². The fourth-order valence-electron chi connectivity index (χ4n) is 3.43. The van der Waals surface area contributed by atoms with E-state index in [-0.39, 0.29) is 21.8 Å². The van der Waals surface area contributed by atoms with Crippen LogP contribution in [0.2, 0.25) is 5.02 Å². The lowest BCUT2D eigenvalue weighted by Gasteiger charge is -2.38. The van der Waals surface area contributed by atoms with Gasteiger partial charge in [-0.1, -0.05) is 23.7 Å². The second-order valence-corrected chi connectivity index (χ2v) is 8.39. The minimum absolute atomic E-state index is 0.126. The van der Waals surface area contributed by atoms with E-state index in [1.165, 1.54) is 16.8 Å². The molecule has 0 radical (unpaired) electrons. The first kappa shape index (κ1) is 19.8. The van der Waals surface area contributed by atoms with Gasteiger partial charge in [-0.2, -0.15) is 5.10 Å². The van der Waals surface area contributed by atoms with Gasteiger partial charge in [0.25, 0.3) is 5.56 Å². The van der Waals surface area contributed by atoms with E-state index < -0.39 is 5.54 Å². The number of nitrogens with one attached hydrogen (secondary N) is 1. The third kappa shape index (κ3) is 4.17. The quantitative estimate of drug-likeness (QED) is 0.854. The summed E-state index contributed by atoms with van der Waals surface area (Å²) in [4.78, 5) is 12.5. The van der Waals surface area contributed by atoms with Gasteiger partial charge in [0.2, 0.25) is 0 Å². The summed E-state index contributed by atoms with van der Waals surface area (Å²) in [5.41, 5.74) is 0.572. The summed E-state index contributed by atoms with van der Waals surface area (Å²) in [7, 11) is 0. The Hall–Kier alpha value is -1.92. The highest BCUT2D eigenvalue weighted by Crippen LogP contribution is 2.35. The fourth-order valence-corrected chi connectivity index (χ4v) is 3.63. The molecule has 0 spiro atoms. The number of ether oxygens (including phenoxy) is 1. The predicted molar refractivity (Wildman–Crippen MR) is 105 cm³/mol. The summed E-state index contributed by atoms with van der Waals surface area (Å²) < 4.78 is 20.3. The van der Waals surface area contributed by atoms with Gasteiger partial charge in [0.1, 0.15) is 10.8 Å². The Bertz CT molecular complexity index is 853. The van der Waals surface area contributed by atoms with Crippen molar-refractivity contribution in [1.29, 1.82) is 0 Å². The maximum atomic E-state index is 13.4. The van der Waals surface area contributed by atoms with Gasteiger partial charge in [0.15, 0.2) is 0 Å². The number of hydrogen-bond acceptors (Lipinski definition) is 4. The molecule has 0 unspecified atom stereocenters. The average molecular weight is 394 g/mol. The molecule has 27 heavy (non-hydrogen) atoms. The molecular weight excluding hydrogens is 369 g/mol. The lowest BCUT2D eigenvalue weighted by atomic mass is 9.74. The molecule has 1 aromatic carbocycles. The smallest absolute Gasteiger partial charge is 0.288 e. The van der Waals surface area contributed by atoms with Crippen LogP contribution in [0.1, 0.15) is 39.2 Å². The highest BCUT2D eigenvalue weighted by Gasteiger charge is 2.34. The third-order valence-corrected chi connectivity index (χ3v) is 5.44. The van der Waals surface area contributed by atoms with Crippen LogP contribution in [0.3, 0.4) is 0 Å². The third-order valence-electron chi connectivity index (χ3n) is 5.08. The molecule has 1 N–H and O–H groups in total. The summed E-state index contributed by atoms with van der Waals surface area (Å²) in [6.07, 6.45) is 3.19. The van der Waals surface area contributed by atoms with E-state index in [9.17, 15) is 9.18 Å². The van der Waals surface area contributed by atoms with Crippen LogP contribution >= 0.6 is 11.6 Å². The Balaban J connectivity index is 1.87. The van der Waals surface area contributed by atoms with Crippen molar-refractivity contribution in [2.45, 2.75) is 44.6 Å². The van der Waals surface area contributed by atoms with Crippen molar-refractivity contribution < 1.29 is 9.13 Å². The zero-order valence-electron chi connectivity index (χ0n) is 15.9. The molecular formula is C20H25ClFN3O2. The van der Waals surface area contributed by atoms with E-state index in [4.69, 9.17) is 16.3 Å². The molecule has 146 valence electrons. The zero-order chi connectivity index (χ0) is 19.7. The van der Waals surface area contributed by atoms with Crippen LogP contribution in [-0.4, -0.2) is 29.5 Å². The van der Waals surface area contributed by atoms with Gasteiger partial charge >= 0.3 is 0 Å². The lowest BCUT2D eigenvalue weighted by Crippen LogP contribution is -2.41. The number of halogens is 2. The van der Waals surface area contributed by atoms with Crippen LogP contribution in [0.4, 0.5) is 10.1 Å². The Morgan fingerprint density at radius 1 is 1.26 bits per heavy atom. The van der Waals surface area contributed by atoms with Crippen molar-refractivity contribution in [2.24, 2.45) is 0 Å². The van der Waals surface area contributed by atoms with Crippen LogP contribution < -0.4 is 10.9 Å². The van der Waals surface area contributed by atoms with E-state index in [0.717, 1.165) is 18.4 Å². The Morgan fingerprint density at radius 2 is 1.89 bits per heavy atom. The first-order valence-electron chi connectivity index (χ1n) is 9.09. The average Bonchev–Trinajstić information content (AvgIpc) is 2.63. The van der Waals surface area contributed by atoms with E-state index in [1.54, 1.807) is 6.20 Å². The van der Waals surface area contributed by atoms with Crippen molar-refractivity contribution in [3.8, 4) is 0 Å². The molecule has 1 saturated heterocycles. The van der Waals surface area contributed by atoms with Crippen LogP contribution in [0.15, 0.2) is 35.3 Å². The Labute approximate surface area is 163 Å². The molecule has 2 heterocycles. The summed E-state index contributed by atoms with van der Waals surface area (Å²) in [5.74, 6) is -0.257. The van der Waals surface area contributed by atoms with Crippen molar-refractivity contribution in [2.75, 3.05) is 25.1 Å². The highest BCUT2D eigenvalue weighted by molar-refractivity contribution is 6.32. The summed E-state index contributed by atoms with van der Waals surface area (Å²) in [6, 6.07) is 6.59. The molecule has 1 aliphatic heterocycles. The van der Waals surface area contributed by atoms with E-state index in [2.05, 4.69) is 10.4 Å². The molecule has 1 fully saturated rings. The highest BCUT2D eigenvalue weighted by atomic mass is 35.5. The number of anilines is 1. The van der Waals surface area contributed by atoms with E-state index >= 15 is 0 Å². The monoisotopic (exact) mass is 393 g/mol. The van der Waals surface area contributed by atoms with Gasteiger partial charge in [0.05, 0.1) is 17.4 Å². The van der Waals surface area contributed by atoms with Gasteiger partial charge < -0.3 is 10.1 Å². The topological polar surface area (TPSA) is 56.1 Å². The molecule has 0 aliphatic carbocycles. The molecule has 0 atom stereocenters. The molecule has 1 aliphatic rings. The van der Waals surface area contributed by atoms with Crippen LogP contribution in [0.5, 0.6) is 0 Å². The standard InChI is InChI=1S/C20H25ClFN3O2/c1-19(2,3)25-18(26)17(21)16(12-24-25)23-13-20(8-10-27-11-9-20)14-4-6-15(22)7-5-14/h4-7,12,23H,8-11,13H2,1-3H3. The zero-order valence-corrected chi connectivity index (χ0v) is 16.6. The number of benzene rings is 1. The number of nitrogens with zero attached hydrogens (tertiary/aromatic N) is 2. The Kier molecular flexibility index (Phi) is 5.58. The summed E-state index contributed by atoms with van der Waals surface area (Å²) in [5, 5.41) is 7.69. The van der Waals surface area contributed by atoms with Gasteiger partial charge in [-0.05, 0) is 51.3 Å². The molecule has 7 heteroatoms. The number of rotatable bonds is 4. The molecule has 0 amide bonds. The lowest BCUT2D eigenvalue weighted by molar-refractivity contribution is 0.0543. The minimum Gasteiger partial charge on any atom is -0.381 e. The first-order chi connectivity index (χ1) is 12.7. The predicted octanol–water partition coefficient (Wildman–Crippen LogP) is 3.95. The maximum Gasteiger partial charge on any atom is 0.288 e. The summed E-state index contributed by atoms with van der Waals surface area (Å²) >= 11 is 6.32.